The molecule has 0 bridgehead atoms. The maximum atomic E-state index is 13.3. The van der Waals surface area contributed by atoms with Gasteiger partial charge in [-0.25, -0.2) is 9.18 Å². The monoisotopic (exact) mass is 287 g/mol. The van der Waals surface area contributed by atoms with Gasteiger partial charge in [-0.05, 0) is 35.7 Å². The van der Waals surface area contributed by atoms with Gasteiger partial charge in [0.2, 0.25) is 0 Å². The Bertz CT molecular complexity index is 805. The Kier molecular flexibility index (Phi) is 3.08. The highest BCUT2D eigenvalue weighted by Gasteiger charge is 2.12. The Morgan fingerprint density at radius 2 is 2.20 bits per heavy atom. The van der Waals surface area contributed by atoms with Gasteiger partial charge in [0.25, 0.3) is 0 Å². The van der Waals surface area contributed by atoms with Gasteiger partial charge in [-0.3, -0.25) is 0 Å². The fourth-order valence-electron chi connectivity index (χ4n) is 1.95. The quantitative estimate of drug-likeness (QED) is 0.785. The predicted octanol–water partition coefficient (Wildman–Crippen LogP) is 3.33. The van der Waals surface area contributed by atoms with Gasteiger partial charge in [-0.15, -0.1) is 11.3 Å². The molecule has 3 aromatic rings. The van der Waals surface area contributed by atoms with E-state index in [1.165, 1.54) is 12.1 Å². The fraction of sp³-hybridized carbons (Fsp3) is 0. The molecule has 0 unspecified atom stereocenters. The van der Waals surface area contributed by atoms with Gasteiger partial charge in [-0.1, -0.05) is 6.07 Å². The summed E-state index contributed by atoms with van der Waals surface area (Å²) in [4.78, 5) is 12.4. The van der Waals surface area contributed by atoms with Crippen molar-refractivity contribution in [1.29, 1.82) is 0 Å². The lowest BCUT2D eigenvalue weighted by Crippen LogP contribution is -2.20. The number of aromatic nitrogens is 2. The number of nitrogens with zero attached hydrogens (tertiary/aromatic N) is 2. The minimum Gasteiger partial charge on any atom is -0.350 e. The molecule has 0 atom stereocenters. The molecule has 0 fully saturated rings. The number of carbonyl (C=O) groups excluding carboxylic acids is 1. The highest BCUT2D eigenvalue weighted by Crippen LogP contribution is 2.22. The molecule has 20 heavy (non-hydrogen) atoms. The molecule has 6 heteroatoms. The van der Waals surface area contributed by atoms with Gasteiger partial charge in [0.15, 0.2) is 0 Å². The van der Waals surface area contributed by atoms with Gasteiger partial charge in [0, 0.05) is 16.3 Å². The first-order valence-electron chi connectivity index (χ1n) is 5.85. The largest absolute Gasteiger partial charge is 0.350 e. The summed E-state index contributed by atoms with van der Waals surface area (Å²) in [5.41, 5.74) is 6.19. The number of thiophene rings is 1. The smallest absolute Gasteiger partial charge is 0.340 e. The molecule has 0 aliphatic heterocycles. The van der Waals surface area contributed by atoms with Crippen LogP contribution < -0.4 is 5.73 Å². The molecular weight excluding hydrogens is 277 g/mol. The Hall–Kier alpha value is -2.47. The van der Waals surface area contributed by atoms with Crippen LogP contribution in [-0.2, 0) is 0 Å². The zero-order chi connectivity index (χ0) is 14.1. The minimum atomic E-state index is -0.739. The topological polar surface area (TPSA) is 60.9 Å². The number of fused-ring (bicyclic) bond motifs is 1. The summed E-state index contributed by atoms with van der Waals surface area (Å²) in [5, 5.41) is 6.77. The number of hydrogen-bond acceptors (Lipinski definition) is 3. The molecule has 1 amide bonds. The molecule has 2 heterocycles. The van der Waals surface area contributed by atoms with Crippen molar-refractivity contribution in [2.45, 2.75) is 0 Å². The lowest BCUT2D eigenvalue weighted by molar-refractivity contribution is 0.248. The zero-order valence-electron chi connectivity index (χ0n) is 10.3. The second kappa shape index (κ2) is 4.90. The molecule has 0 saturated carbocycles. The summed E-state index contributed by atoms with van der Waals surface area (Å²) in [6.45, 7) is 0. The average molecular weight is 287 g/mol. The third-order valence-corrected chi connectivity index (χ3v) is 3.67. The Balaban J connectivity index is 2.14. The molecular formula is C14H10FN3OS. The van der Waals surface area contributed by atoms with Gasteiger partial charge in [0.1, 0.15) is 5.82 Å². The number of amides is 1. The molecule has 0 saturated heterocycles. The van der Waals surface area contributed by atoms with Crippen molar-refractivity contribution in [3.63, 3.8) is 0 Å². The van der Waals surface area contributed by atoms with Crippen LogP contribution in [0.4, 0.5) is 9.18 Å². The number of primary amides is 1. The van der Waals surface area contributed by atoms with E-state index >= 15 is 0 Å². The van der Waals surface area contributed by atoms with E-state index < -0.39 is 11.8 Å². The molecule has 0 spiro atoms. The molecule has 0 radical (unpaired) electrons. The highest BCUT2D eigenvalue weighted by molar-refractivity contribution is 7.10. The molecule has 0 aliphatic carbocycles. The van der Waals surface area contributed by atoms with Crippen LogP contribution in [0.3, 0.4) is 0 Å². The Labute approximate surface area is 117 Å². The summed E-state index contributed by atoms with van der Waals surface area (Å²) < 4.78 is 14.3. The first-order chi connectivity index (χ1) is 9.65. The zero-order valence-corrected chi connectivity index (χ0v) is 11.1. The summed E-state index contributed by atoms with van der Waals surface area (Å²) in [6.07, 6.45) is 3.67. The number of hydrogen-bond donors (Lipinski definition) is 1. The summed E-state index contributed by atoms with van der Waals surface area (Å²) in [6, 6.07) is 7.34. The Morgan fingerprint density at radius 3 is 2.90 bits per heavy atom. The lowest BCUT2D eigenvalue weighted by Gasteiger charge is -1.95. The Morgan fingerprint density at radius 1 is 1.35 bits per heavy atom. The molecule has 2 N–H and O–H groups in total. The van der Waals surface area contributed by atoms with E-state index in [4.69, 9.17) is 5.73 Å². The van der Waals surface area contributed by atoms with Crippen molar-refractivity contribution in [3.8, 4) is 0 Å². The van der Waals surface area contributed by atoms with E-state index in [0.29, 0.717) is 16.6 Å². The van der Waals surface area contributed by atoms with Crippen LogP contribution >= 0.6 is 11.3 Å². The van der Waals surface area contributed by atoms with Crippen LogP contribution in [0.1, 0.15) is 10.6 Å². The maximum Gasteiger partial charge on any atom is 0.340 e. The van der Waals surface area contributed by atoms with E-state index in [2.05, 4.69) is 5.10 Å². The van der Waals surface area contributed by atoms with Crippen LogP contribution in [-0.4, -0.2) is 15.8 Å². The number of halogens is 1. The van der Waals surface area contributed by atoms with Gasteiger partial charge >= 0.3 is 6.03 Å². The molecule has 2 aromatic heterocycles. The number of benzene rings is 1. The van der Waals surface area contributed by atoms with Crippen LogP contribution in [0.25, 0.3) is 23.1 Å². The second-order valence-electron chi connectivity index (χ2n) is 4.15. The predicted molar refractivity (Wildman–Crippen MR) is 77.9 cm³/mol. The van der Waals surface area contributed by atoms with Gasteiger partial charge in [-0.2, -0.15) is 9.78 Å². The molecule has 100 valence electrons. The average Bonchev–Trinajstić information content (AvgIpc) is 3.02. The van der Waals surface area contributed by atoms with E-state index in [-0.39, 0.29) is 0 Å². The van der Waals surface area contributed by atoms with E-state index in [1.54, 1.807) is 23.5 Å². The molecule has 3 rings (SSSR count). The van der Waals surface area contributed by atoms with Crippen molar-refractivity contribution in [2.75, 3.05) is 0 Å². The fourth-order valence-corrected chi connectivity index (χ4v) is 2.57. The standard InChI is InChI=1S/C14H10FN3OS/c15-9-3-5-11-12(6-4-10-2-1-7-20-10)17-18(14(16)19)13(11)8-9/h1-8H,(H2,16,19)/b6-4+. The van der Waals surface area contributed by atoms with Crippen LogP contribution in [0.2, 0.25) is 0 Å². The SMILES string of the molecule is NC(=O)n1nc(/C=C/c2cccs2)c2ccc(F)cc21. The van der Waals surface area contributed by atoms with Crippen molar-refractivity contribution in [3.05, 3.63) is 52.1 Å². The van der Waals surface area contributed by atoms with Crippen LogP contribution in [0.15, 0.2) is 35.7 Å². The van der Waals surface area contributed by atoms with Gasteiger partial charge in [0.05, 0.1) is 11.2 Å². The lowest BCUT2D eigenvalue weighted by atomic mass is 10.2. The van der Waals surface area contributed by atoms with Crippen LogP contribution in [0.5, 0.6) is 0 Å². The molecule has 1 aromatic carbocycles. The van der Waals surface area contributed by atoms with E-state index in [9.17, 15) is 9.18 Å². The molecule has 0 aliphatic rings. The van der Waals surface area contributed by atoms with Crippen molar-refractivity contribution in [2.24, 2.45) is 5.73 Å². The van der Waals surface area contributed by atoms with Crippen molar-refractivity contribution >= 4 is 40.4 Å². The van der Waals surface area contributed by atoms with Crippen molar-refractivity contribution in [1.82, 2.24) is 9.78 Å². The van der Waals surface area contributed by atoms with E-state index in [1.807, 2.05) is 23.6 Å². The molecule has 4 nitrogen and oxygen atoms in total. The third kappa shape index (κ3) is 2.21. The summed E-state index contributed by atoms with van der Waals surface area (Å²) in [7, 11) is 0. The first kappa shape index (κ1) is 12.6. The van der Waals surface area contributed by atoms with E-state index in [0.717, 1.165) is 9.56 Å². The highest BCUT2D eigenvalue weighted by atomic mass is 32.1. The third-order valence-electron chi connectivity index (χ3n) is 2.83. The number of rotatable bonds is 2. The number of nitrogens with two attached hydrogens (primary N) is 1. The van der Waals surface area contributed by atoms with Crippen LogP contribution in [0, 0.1) is 5.82 Å². The normalized spacial score (nSPS) is 11.4. The second-order valence-corrected chi connectivity index (χ2v) is 5.12. The maximum absolute atomic E-state index is 13.3. The minimum absolute atomic E-state index is 0.364. The number of carbonyl (C=O) groups is 1. The summed E-state index contributed by atoms with van der Waals surface area (Å²) >= 11 is 1.59. The van der Waals surface area contributed by atoms with Crippen molar-refractivity contribution < 1.29 is 9.18 Å². The first-order valence-corrected chi connectivity index (χ1v) is 6.73. The summed E-state index contributed by atoms with van der Waals surface area (Å²) in [5.74, 6) is -0.436. The van der Waals surface area contributed by atoms with Gasteiger partial charge < -0.3 is 5.73 Å².